The Hall–Kier alpha value is -0.800. The van der Waals surface area contributed by atoms with E-state index in [1.165, 1.54) is 12.1 Å². The van der Waals surface area contributed by atoms with Crippen LogP contribution in [0, 0.1) is 11.2 Å². The monoisotopic (exact) mass is 257 g/mol. The van der Waals surface area contributed by atoms with Crippen molar-refractivity contribution in [3.8, 4) is 5.75 Å². The smallest absolute Gasteiger partial charge is 0.138 e. The molecule has 1 saturated heterocycles. The zero-order chi connectivity index (χ0) is 12.3. The maximum atomic E-state index is 12.9. The molecule has 0 saturated carbocycles. The van der Waals surface area contributed by atoms with E-state index in [1.807, 2.05) is 0 Å². The Morgan fingerprint density at radius 2 is 2.12 bits per heavy atom. The molecule has 1 aromatic carbocycles. The van der Waals surface area contributed by atoms with Crippen molar-refractivity contribution in [1.82, 2.24) is 5.32 Å². The Morgan fingerprint density at radius 1 is 1.41 bits per heavy atom. The van der Waals surface area contributed by atoms with Crippen LogP contribution in [-0.2, 0) is 0 Å². The van der Waals surface area contributed by atoms with Gasteiger partial charge in [0.2, 0.25) is 0 Å². The van der Waals surface area contributed by atoms with E-state index >= 15 is 0 Å². The average Bonchev–Trinajstić information content (AvgIpc) is 2.29. The molecule has 17 heavy (non-hydrogen) atoms. The zero-order valence-corrected chi connectivity index (χ0v) is 10.7. The molecule has 0 amide bonds. The lowest BCUT2D eigenvalue weighted by molar-refractivity contribution is 0.123. The van der Waals surface area contributed by atoms with Crippen LogP contribution >= 0.6 is 11.6 Å². The molecule has 1 aliphatic rings. The Balaban J connectivity index is 1.97. The summed E-state index contributed by atoms with van der Waals surface area (Å²) in [5.74, 6) is 0.225. The van der Waals surface area contributed by atoms with Gasteiger partial charge in [0.05, 0.1) is 11.6 Å². The van der Waals surface area contributed by atoms with Crippen LogP contribution in [0.4, 0.5) is 4.39 Å². The van der Waals surface area contributed by atoms with Crippen molar-refractivity contribution in [3.05, 3.63) is 29.0 Å². The fraction of sp³-hybridized carbons (Fsp3) is 0.538. The first-order chi connectivity index (χ1) is 8.09. The summed E-state index contributed by atoms with van der Waals surface area (Å²) in [5, 5.41) is 3.66. The first-order valence-corrected chi connectivity index (χ1v) is 6.25. The zero-order valence-electron chi connectivity index (χ0n) is 9.93. The topological polar surface area (TPSA) is 21.3 Å². The highest BCUT2D eigenvalue weighted by Crippen LogP contribution is 2.31. The van der Waals surface area contributed by atoms with E-state index in [4.69, 9.17) is 16.3 Å². The summed E-state index contributed by atoms with van der Waals surface area (Å²) in [4.78, 5) is 0. The third-order valence-electron chi connectivity index (χ3n) is 3.28. The van der Waals surface area contributed by atoms with E-state index in [0.29, 0.717) is 17.4 Å². The Morgan fingerprint density at radius 3 is 2.76 bits per heavy atom. The molecule has 2 rings (SSSR count). The van der Waals surface area contributed by atoms with Crippen molar-refractivity contribution in [2.24, 2.45) is 5.41 Å². The predicted octanol–water partition coefficient (Wildman–Crippen LogP) is 3.25. The molecule has 0 aliphatic carbocycles. The van der Waals surface area contributed by atoms with Crippen LogP contribution in [0.2, 0.25) is 5.02 Å². The summed E-state index contributed by atoms with van der Waals surface area (Å²) in [6, 6.07) is 4.23. The van der Waals surface area contributed by atoms with Gasteiger partial charge in [-0.15, -0.1) is 0 Å². The largest absolute Gasteiger partial charge is 0.491 e. The molecule has 1 fully saturated rings. The van der Waals surface area contributed by atoms with Crippen LogP contribution in [0.15, 0.2) is 18.2 Å². The number of hydrogen-bond acceptors (Lipinski definition) is 2. The quantitative estimate of drug-likeness (QED) is 0.898. The first kappa shape index (κ1) is 12.7. The van der Waals surface area contributed by atoms with Gasteiger partial charge in [0.25, 0.3) is 0 Å². The number of hydrogen-bond donors (Lipinski definition) is 1. The second-order valence-electron chi connectivity index (χ2n) is 4.92. The van der Waals surface area contributed by atoms with Crippen LogP contribution < -0.4 is 10.1 Å². The van der Waals surface area contributed by atoms with Gasteiger partial charge in [-0.3, -0.25) is 0 Å². The fourth-order valence-corrected chi connectivity index (χ4v) is 2.24. The van der Waals surface area contributed by atoms with Gasteiger partial charge < -0.3 is 10.1 Å². The maximum Gasteiger partial charge on any atom is 0.138 e. The molecule has 0 atom stereocenters. The number of benzene rings is 1. The first-order valence-electron chi connectivity index (χ1n) is 5.88. The van der Waals surface area contributed by atoms with E-state index in [0.717, 1.165) is 25.9 Å². The SMILES string of the molecule is CC1(COc2ccc(F)cc2Cl)CCNCC1. The van der Waals surface area contributed by atoms with Crippen LogP contribution in [0.5, 0.6) is 5.75 Å². The number of halogens is 2. The molecule has 4 heteroatoms. The lowest BCUT2D eigenvalue weighted by atomic mass is 9.82. The van der Waals surface area contributed by atoms with Crippen molar-refractivity contribution in [1.29, 1.82) is 0 Å². The van der Waals surface area contributed by atoms with Crippen molar-refractivity contribution in [3.63, 3.8) is 0 Å². The van der Waals surface area contributed by atoms with E-state index in [2.05, 4.69) is 12.2 Å². The van der Waals surface area contributed by atoms with Gasteiger partial charge in [-0.25, -0.2) is 4.39 Å². The minimum absolute atomic E-state index is 0.183. The number of ether oxygens (including phenoxy) is 1. The second kappa shape index (κ2) is 5.23. The van der Waals surface area contributed by atoms with Crippen molar-refractivity contribution >= 4 is 11.6 Å². The summed E-state index contributed by atoms with van der Waals surface area (Å²) >= 11 is 5.92. The highest BCUT2D eigenvalue weighted by Gasteiger charge is 2.27. The number of nitrogens with one attached hydrogen (secondary N) is 1. The molecular formula is C13H17ClFNO. The van der Waals surface area contributed by atoms with Crippen LogP contribution in [-0.4, -0.2) is 19.7 Å². The molecule has 0 aromatic heterocycles. The van der Waals surface area contributed by atoms with E-state index < -0.39 is 0 Å². The van der Waals surface area contributed by atoms with Gasteiger partial charge >= 0.3 is 0 Å². The molecular weight excluding hydrogens is 241 g/mol. The summed E-state index contributed by atoms with van der Waals surface area (Å²) < 4.78 is 18.6. The molecule has 1 N–H and O–H groups in total. The van der Waals surface area contributed by atoms with Gasteiger partial charge in [0.15, 0.2) is 0 Å². The molecule has 0 bridgehead atoms. The molecule has 94 valence electrons. The number of piperidine rings is 1. The average molecular weight is 258 g/mol. The van der Waals surface area contributed by atoms with Crippen molar-refractivity contribution < 1.29 is 9.13 Å². The standard InChI is InChI=1S/C13H17ClFNO/c1-13(4-6-16-7-5-13)9-17-12-3-2-10(15)8-11(12)14/h2-3,8,16H,4-7,9H2,1H3. The third kappa shape index (κ3) is 3.33. The van der Waals surface area contributed by atoms with Crippen LogP contribution in [0.1, 0.15) is 19.8 Å². The highest BCUT2D eigenvalue weighted by molar-refractivity contribution is 6.32. The van der Waals surface area contributed by atoms with Crippen molar-refractivity contribution in [2.45, 2.75) is 19.8 Å². The highest BCUT2D eigenvalue weighted by atomic mass is 35.5. The Kier molecular flexibility index (Phi) is 3.89. The third-order valence-corrected chi connectivity index (χ3v) is 3.58. The predicted molar refractivity (Wildman–Crippen MR) is 67.1 cm³/mol. The van der Waals surface area contributed by atoms with Gasteiger partial charge in [0, 0.05) is 5.41 Å². The molecule has 1 aliphatic heterocycles. The van der Waals surface area contributed by atoms with Gasteiger partial charge in [0.1, 0.15) is 11.6 Å². The van der Waals surface area contributed by atoms with Crippen molar-refractivity contribution in [2.75, 3.05) is 19.7 Å². The molecule has 0 radical (unpaired) electrons. The minimum Gasteiger partial charge on any atom is -0.491 e. The normalized spacial score (nSPS) is 19.0. The second-order valence-corrected chi connectivity index (χ2v) is 5.33. The summed E-state index contributed by atoms with van der Waals surface area (Å²) in [7, 11) is 0. The molecule has 0 spiro atoms. The summed E-state index contributed by atoms with van der Waals surface area (Å²) in [6.45, 7) is 4.89. The molecule has 1 heterocycles. The molecule has 1 aromatic rings. The molecule has 2 nitrogen and oxygen atoms in total. The van der Waals surface area contributed by atoms with E-state index in [9.17, 15) is 4.39 Å². The lowest BCUT2D eigenvalue weighted by Gasteiger charge is -2.33. The van der Waals surface area contributed by atoms with Gasteiger partial charge in [-0.05, 0) is 44.1 Å². The van der Waals surface area contributed by atoms with E-state index in [-0.39, 0.29) is 11.2 Å². The Labute approximate surface area is 106 Å². The van der Waals surface area contributed by atoms with E-state index in [1.54, 1.807) is 6.07 Å². The number of rotatable bonds is 3. The minimum atomic E-state index is -0.338. The Bertz CT molecular complexity index is 391. The lowest BCUT2D eigenvalue weighted by Crippen LogP contribution is -2.38. The van der Waals surface area contributed by atoms with Gasteiger partial charge in [-0.1, -0.05) is 18.5 Å². The maximum absolute atomic E-state index is 12.9. The van der Waals surface area contributed by atoms with Crippen LogP contribution in [0.3, 0.4) is 0 Å². The molecule has 0 unspecified atom stereocenters. The van der Waals surface area contributed by atoms with Crippen LogP contribution in [0.25, 0.3) is 0 Å². The summed E-state index contributed by atoms with van der Waals surface area (Å²) in [6.07, 6.45) is 2.18. The van der Waals surface area contributed by atoms with Gasteiger partial charge in [-0.2, -0.15) is 0 Å². The fourth-order valence-electron chi connectivity index (χ4n) is 2.02. The summed E-state index contributed by atoms with van der Waals surface area (Å²) in [5.41, 5.74) is 0.183.